The molecule has 0 aliphatic carbocycles. The molecule has 0 aromatic heterocycles. The zero-order chi connectivity index (χ0) is 15.4. The summed E-state index contributed by atoms with van der Waals surface area (Å²) in [6.07, 6.45) is 0. The predicted octanol–water partition coefficient (Wildman–Crippen LogP) is 4.13. The van der Waals surface area contributed by atoms with Crippen molar-refractivity contribution in [1.29, 1.82) is 0 Å². The van der Waals surface area contributed by atoms with Crippen LogP contribution in [0.15, 0.2) is 40.9 Å². The van der Waals surface area contributed by atoms with Gasteiger partial charge in [-0.25, -0.2) is 0 Å². The monoisotopic (exact) mass is 369 g/mol. The molecule has 0 radical (unpaired) electrons. The van der Waals surface area contributed by atoms with Crippen molar-refractivity contribution in [3.05, 3.63) is 51.5 Å². The number of aryl methyl sites for hydroxylation is 1. The lowest BCUT2D eigenvalue weighted by atomic mass is 10.2. The van der Waals surface area contributed by atoms with Crippen LogP contribution in [0.2, 0.25) is 5.02 Å². The molecule has 0 bridgehead atoms. The summed E-state index contributed by atoms with van der Waals surface area (Å²) in [4.78, 5) is 11.8. The fraction of sp³-hybridized carbons (Fsp3) is 0.133. The number of nitrogens with one attached hydrogen (secondary N) is 1. The second-order valence-corrected chi connectivity index (χ2v) is 5.72. The molecule has 0 aliphatic rings. The highest BCUT2D eigenvalue weighted by atomic mass is 79.9. The molecule has 0 saturated heterocycles. The average molecular weight is 371 g/mol. The molecule has 21 heavy (non-hydrogen) atoms. The first-order valence-corrected chi connectivity index (χ1v) is 7.30. The van der Waals surface area contributed by atoms with Crippen LogP contribution >= 0.6 is 27.5 Å². The number of anilines is 1. The summed E-state index contributed by atoms with van der Waals surface area (Å²) in [5, 5.41) is 12.9. The van der Waals surface area contributed by atoms with Gasteiger partial charge in [-0.05, 0) is 58.7 Å². The molecule has 6 heteroatoms. The molecule has 0 atom stereocenters. The van der Waals surface area contributed by atoms with Gasteiger partial charge in [-0.2, -0.15) is 0 Å². The van der Waals surface area contributed by atoms with Gasteiger partial charge in [0.2, 0.25) is 0 Å². The van der Waals surface area contributed by atoms with Crippen molar-refractivity contribution < 1.29 is 14.6 Å². The summed E-state index contributed by atoms with van der Waals surface area (Å²) >= 11 is 9.13. The van der Waals surface area contributed by atoms with E-state index < -0.39 is 0 Å². The van der Waals surface area contributed by atoms with Gasteiger partial charge in [0.05, 0.1) is 10.2 Å². The number of amides is 1. The zero-order valence-electron chi connectivity index (χ0n) is 11.2. The van der Waals surface area contributed by atoms with E-state index in [0.29, 0.717) is 20.9 Å². The number of hydrogen-bond donors (Lipinski definition) is 2. The van der Waals surface area contributed by atoms with Gasteiger partial charge in [-0.1, -0.05) is 17.7 Å². The number of benzene rings is 2. The van der Waals surface area contributed by atoms with Crippen molar-refractivity contribution in [3.63, 3.8) is 0 Å². The Balaban J connectivity index is 1.96. The Hall–Kier alpha value is -1.72. The number of phenolic OH excluding ortho intramolecular Hbond substituents is 1. The number of carbonyl (C=O) groups excluding carboxylic acids is 1. The van der Waals surface area contributed by atoms with Gasteiger partial charge in [-0.15, -0.1) is 0 Å². The molecule has 0 fully saturated rings. The van der Waals surface area contributed by atoms with E-state index in [2.05, 4.69) is 21.2 Å². The largest absolute Gasteiger partial charge is 0.506 e. The van der Waals surface area contributed by atoms with Crippen LogP contribution in [-0.4, -0.2) is 17.6 Å². The summed E-state index contributed by atoms with van der Waals surface area (Å²) in [5.74, 6) is 0.176. The standard InChI is InChI=1S/C15H13BrClNO3/c1-9-2-4-12(13(19)6-9)18-15(20)8-21-14-5-3-10(17)7-11(14)16/h2-7,19H,8H2,1H3,(H,18,20). The Labute approximate surface area is 135 Å². The van der Waals surface area contributed by atoms with E-state index >= 15 is 0 Å². The van der Waals surface area contributed by atoms with Crippen LogP contribution in [-0.2, 0) is 4.79 Å². The summed E-state index contributed by atoms with van der Waals surface area (Å²) in [5.41, 5.74) is 1.26. The summed E-state index contributed by atoms with van der Waals surface area (Å²) < 4.78 is 6.06. The van der Waals surface area contributed by atoms with E-state index in [-0.39, 0.29) is 18.3 Å². The number of carbonyl (C=O) groups is 1. The molecular formula is C15H13BrClNO3. The van der Waals surface area contributed by atoms with E-state index in [1.54, 1.807) is 36.4 Å². The molecule has 0 saturated carbocycles. The van der Waals surface area contributed by atoms with Crippen LogP contribution in [0.25, 0.3) is 0 Å². The maximum Gasteiger partial charge on any atom is 0.262 e. The van der Waals surface area contributed by atoms with Crippen LogP contribution < -0.4 is 10.1 Å². The van der Waals surface area contributed by atoms with Gasteiger partial charge < -0.3 is 15.2 Å². The predicted molar refractivity (Wildman–Crippen MR) is 86.1 cm³/mol. The number of rotatable bonds is 4. The SMILES string of the molecule is Cc1ccc(NC(=O)COc2ccc(Cl)cc2Br)c(O)c1. The zero-order valence-corrected chi connectivity index (χ0v) is 13.5. The molecule has 2 rings (SSSR count). The minimum absolute atomic E-state index is 0.0241. The topological polar surface area (TPSA) is 58.6 Å². The molecule has 2 aromatic carbocycles. The number of phenols is 1. The van der Waals surface area contributed by atoms with Crippen LogP contribution in [0, 0.1) is 6.92 Å². The lowest BCUT2D eigenvalue weighted by Crippen LogP contribution is -2.20. The third-order valence-corrected chi connectivity index (χ3v) is 3.53. The van der Waals surface area contributed by atoms with Crippen molar-refractivity contribution in [1.82, 2.24) is 0 Å². The number of ether oxygens (including phenoxy) is 1. The van der Waals surface area contributed by atoms with Gasteiger partial charge in [0.25, 0.3) is 5.91 Å². The van der Waals surface area contributed by atoms with E-state index in [4.69, 9.17) is 16.3 Å². The van der Waals surface area contributed by atoms with Crippen LogP contribution in [0.3, 0.4) is 0 Å². The molecule has 2 aromatic rings. The van der Waals surface area contributed by atoms with Gasteiger partial charge >= 0.3 is 0 Å². The first-order chi connectivity index (χ1) is 9.95. The molecule has 0 aliphatic heterocycles. The first kappa shape index (κ1) is 15.7. The van der Waals surface area contributed by atoms with Crippen molar-refractivity contribution in [2.75, 3.05) is 11.9 Å². The van der Waals surface area contributed by atoms with E-state index in [1.807, 2.05) is 6.92 Å². The highest BCUT2D eigenvalue weighted by Crippen LogP contribution is 2.28. The lowest BCUT2D eigenvalue weighted by Gasteiger charge is -2.10. The molecule has 0 heterocycles. The maximum absolute atomic E-state index is 11.8. The third-order valence-electron chi connectivity index (χ3n) is 2.68. The Morgan fingerprint density at radius 2 is 2.10 bits per heavy atom. The fourth-order valence-corrected chi connectivity index (χ4v) is 2.47. The molecule has 0 spiro atoms. The van der Waals surface area contributed by atoms with Gasteiger partial charge in [0.1, 0.15) is 11.5 Å². The highest BCUT2D eigenvalue weighted by molar-refractivity contribution is 9.10. The van der Waals surface area contributed by atoms with E-state index in [1.165, 1.54) is 0 Å². The molecule has 110 valence electrons. The summed E-state index contributed by atoms with van der Waals surface area (Å²) in [7, 11) is 0. The number of hydrogen-bond acceptors (Lipinski definition) is 3. The van der Waals surface area contributed by atoms with Crippen molar-refractivity contribution >= 4 is 39.1 Å². The normalized spacial score (nSPS) is 10.2. The Kier molecular flexibility index (Phi) is 5.09. The van der Waals surface area contributed by atoms with Gasteiger partial charge in [0.15, 0.2) is 6.61 Å². The van der Waals surface area contributed by atoms with Crippen LogP contribution in [0.4, 0.5) is 5.69 Å². The Bertz CT molecular complexity index is 676. The van der Waals surface area contributed by atoms with Crippen LogP contribution in [0.1, 0.15) is 5.56 Å². The van der Waals surface area contributed by atoms with Crippen molar-refractivity contribution in [2.45, 2.75) is 6.92 Å². The molecule has 1 amide bonds. The Morgan fingerprint density at radius 3 is 2.76 bits per heavy atom. The Morgan fingerprint density at radius 1 is 1.33 bits per heavy atom. The van der Waals surface area contributed by atoms with Crippen LogP contribution in [0.5, 0.6) is 11.5 Å². The lowest BCUT2D eigenvalue weighted by molar-refractivity contribution is -0.118. The fourth-order valence-electron chi connectivity index (χ4n) is 1.67. The minimum atomic E-state index is -0.365. The second kappa shape index (κ2) is 6.83. The third kappa shape index (κ3) is 4.37. The minimum Gasteiger partial charge on any atom is -0.506 e. The summed E-state index contributed by atoms with van der Waals surface area (Å²) in [6.45, 7) is 1.68. The first-order valence-electron chi connectivity index (χ1n) is 6.13. The quantitative estimate of drug-likeness (QED) is 0.796. The number of halogens is 2. The summed E-state index contributed by atoms with van der Waals surface area (Å²) in [6, 6.07) is 10.0. The van der Waals surface area contributed by atoms with Crippen molar-refractivity contribution in [2.24, 2.45) is 0 Å². The average Bonchev–Trinajstić information content (AvgIpc) is 2.41. The smallest absolute Gasteiger partial charge is 0.262 e. The van der Waals surface area contributed by atoms with Gasteiger partial charge in [-0.3, -0.25) is 4.79 Å². The molecule has 0 unspecified atom stereocenters. The van der Waals surface area contributed by atoms with E-state index in [9.17, 15) is 9.90 Å². The second-order valence-electron chi connectivity index (χ2n) is 4.43. The maximum atomic E-state index is 11.8. The van der Waals surface area contributed by atoms with Gasteiger partial charge in [0, 0.05) is 5.02 Å². The molecule has 4 nitrogen and oxygen atoms in total. The van der Waals surface area contributed by atoms with Crippen molar-refractivity contribution in [3.8, 4) is 11.5 Å². The highest BCUT2D eigenvalue weighted by Gasteiger charge is 2.09. The number of aromatic hydroxyl groups is 1. The molecule has 2 N–H and O–H groups in total. The molecular weight excluding hydrogens is 358 g/mol. The van der Waals surface area contributed by atoms with E-state index in [0.717, 1.165) is 5.56 Å².